The summed E-state index contributed by atoms with van der Waals surface area (Å²) >= 11 is 0. The first-order chi connectivity index (χ1) is 8.42. The largest absolute Gasteiger partial charge is 0.408 e. The third kappa shape index (κ3) is 5.93. The fourth-order valence-electron chi connectivity index (χ4n) is 1.41. The highest BCUT2D eigenvalue weighted by atomic mass is 35.5. The molecule has 0 radical (unpaired) electrons. The summed E-state index contributed by atoms with van der Waals surface area (Å²) < 4.78 is 37.0. The molecule has 0 unspecified atom stereocenters. The van der Waals surface area contributed by atoms with Gasteiger partial charge in [0, 0.05) is 18.3 Å². The van der Waals surface area contributed by atoms with Gasteiger partial charge in [0.2, 0.25) is 5.91 Å². The van der Waals surface area contributed by atoms with Crippen molar-refractivity contribution in [3.05, 3.63) is 12.3 Å². The molecule has 1 heterocycles. The van der Waals surface area contributed by atoms with Gasteiger partial charge in [-0.2, -0.15) is 18.3 Å². The zero-order chi connectivity index (χ0) is 13.2. The maximum absolute atomic E-state index is 12.1. The molecule has 1 aliphatic carbocycles. The van der Waals surface area contributed by atoms with Gasteiger partial charge >= 0.3 is 6.18 Å². The van der Waals surface area contributed by atoms with Gasteiger partial charge in [0.15, 0.2) is 5.82 Å². The predicted octanol–water partition coefficient (Wildman–Crippen LogP) is 1.56. The lowest BCUT2D eigenvalue weighted by atomic mass is 10.5. The maximum Gasteiger partial charge on any atom is 0.408 e. The van der Waals surface area contributed by atoms with Crippen molar-refractivity contribution >= 4 is 24.1 Å². The van der Waals surface area contributed by atoms with Crippen LogP contribution >= 0.6 is 12.4 Å². The van der Waals surface area contributed by atoms with E-state index in [0.29, 0.717) is 6.04 Å². The van der Waals surface area contributed by atoms with Crippen LogP contribution in [0, 0.1) is 0 Å². The zero-order valence-corrected chi connectivity index (χ0v) is 10.7. The molecule has 1 aromatic rings. The van der Waals surface area contributed by atoms with Crippen molar-refractivity contribution in [1.82, 2.24) is 15.1 Å². The van der Waals surface area contributed by atoms with E-state index in [1.165, 1.54) is 12.3 Å². The third-order valence-electron chi connectivity index (χ3n) is 2.38. The molecule has 1 aliphatic rings. The molecular formula is C10H14ClF3N4O. The van der Waals surface area contributed by atoms with E-state index >= 15 is 0 Å². The van der Waals surface area contributed by atoms with Crippen LogP contribution in [-0.4, -0.2) is 34.5 Å². The number of anilines is 1. The fraction of sp³-hybridized carbons (Fsp3) is 0.600. The molecule has 1 fully saturated rings. The van der Waals surface area contributed by atoms with Crippen LogP contribution in [0.25, 0.3) is 0 Å². The van der Waals surface area contributed by atoms with Gasteiger partial charge in [-0.05, 0) is 12.8 Å². The molecule has 2 N–H and O–H groups in total. The van der Waals surface area contributed by atoms with E-state index in [4.69, 9.17) is 0 Å². The van der Waals surface area contributed by atoms with Crippen molar-refractivity contribution in [3.63, 3.8) is 0 Å². The lowest BCUT2D eigenvalue weighted by Crippen LogP contribution is -2.29. The normalized spacial score (nSPS) is 14.9. The smallest absolute Gasteiger partial charge is 0.308 e. The Kier molecular flexibility index (Phi) is 5.19. The van der Waals surface area contributed by atoms with Crippen LogP contribution in [0.3, 0.4) is 0 Å². The third-order valence-corrected chi connectivity index (χ3v) is 2.38. The van der Waals surface area contributed by atoms with E-state index in [9.17, 15) is 18.0 Å². The summed E-state index contributed by atoms with van der Waals surface area (Å²) in [4.78, 5) is 11.4. The second-order valence-corrected chi connectivity index (χ2v) is 4.22. The summed E-state index contributed by atoms with van der Waals surface area (Å²) in [5.41, 5.74) is 0. The molecule has 19 heavy (non-hydrogen) atoms. The Balaban J connectivity index is 0.00000180. The van der Waals surface area contributed by atoms with Gasteiger partial charge < -0.3 is 10.6 Å². The molecule has 0 atom stereocenters. The van der Waals surface area contributed by atoms with Crippen LogP contribution in [0.4, 0.5) is 19.0 Å². The van der Waals surface area contributed by atoms with Gasteiger partial charge in [0.05, 0.1) is 6.54 Å². The van der Waals surface area contributed by atoms with Gasteiger partial charge in [-0.25, -0.2) is 0 Å². The summed E-state index contributed by atoms with van der Waals surface area (Å²) in [6.07, 6.45) is -1.01. The minimum absolute atomic E-state index is 0. The fourth-order valence-corrected chi connectivity index (χ4v) is 1.41. The molecule has 1 amide bonds. The molecular weight excluding hydrogens is 285 g/mol. The van der Waals surface area contributed by atoms with Crippen molar-refractivity contribution in [2.45, 2.75) is 31.6 Å². The minimum Gasteiger partial charge on any atom is -0.308 e. The summed E-state index contributed by atoms with van der Waals surface area (Å²) in [7, 11) is 0. The molecule has 2 rings (SSSR count). The summed E-state index contributed by atoms with van der Waals surface area (Å²) in [6, 6.07) is 1.74. The number of carbonyl (C=O) groups is 1. The number of alkyl halides is 3. The van der Waals surface area contributed by atoms with E-state index in [1.807, 2.05) is 0 Å². The molecule has 108 valence electrons. The van der Waals surface area contributed by atoms with Crippen LogP contribution in [0.15, 0.2) is 12.3 Å². The average Bonchev–Trinajstić information content (AvgIpc) is 2.97. The standard InChI is InChI=1S/C10H13F3N4O.ClH/c11-10(12,13)6-17-4-3-8(16-17)15-9(18)5-14-7-1-2-7;/h3-4,7,14H,1-2,5-6H2,(H,15,16,18);1H. The second kappa shape index (κ2) is 6.25. The minimum atomic E-state index is -4.32. The zero-order valence-electron chi connectivity index (χ0n) is 9.91. The van der Waals surface area contributed by atoms with Crippen molar-refractivity contribution in [2.75, 3.05) is 11.9 Å². The number of hydrogen-bond acceptors (Lipinski definition) is 3. The molecule has 0 saturated heterocycles. The van der Waals surface area contributed by atoms with E-state index in [1.54, 1.807) is 0 Å². The first-order valence-electron chi connectivity index (χ1n) is 5.56. The van der Waals surface area contributed by atoms with Gasteiger partial charge in [-0.3, -0.25) is 9.48 Å². The Morgan fingerprint density at radius 2 is 2.16 bits per heavy atom. The quantitative estimate of drug-likeness (QED) is 0.867. The number of rotatable bonds is 5. The van der Waals surface area contributed by atoms with E-state index in [-0.39, 0.29) is 30.7 Å². The highest BCUT2D eigenvalue weighted by molar-refractivity contribution is 5.91. The summed E-state index contributed by atoms with van der Waals surface area (Å²) in [5, 5.41) is 9.04. The molecule has 0 spiro atoms. The molecule has 0 aromatic carbocycles. The lowest BCUT2D eigenvalue weighted by Gasteiger charge is -2.06. The van der Waals surface area contributed by atoms with Crippen LogP contribution in [0.1, 0.15) is 12.8 Å². The first kappa shape index (κ1) is 15.8. The molecule has 1 saturated carbocycles. The van der Waals surface area contributed by atoms with Gasteiger partial charge in [0.1, 0.15) is 6.54 Å². The molecule has 1 aromatic heterocycles. The Labute approximate surface area is 113 Å². The average molecular weight is 299 g/mol. The number of amides is 1. The molecule has 5 nitrogen and oxygen atoms in total. The Hall–Kier alpha value is -1.28. The maximum atomic E-state index is 12.1. The van der Waals surface area contributed by atoms with Crippen molar-refractivity contribution in [3.8, 4) is 0 Å². The first-order valence-corrected chi connectivity index (χ1v) is 5.56. The van der Waals surface area contributed by atoms with E-state index < -0.39 is 12.7 Å². The van der Waals surface area contributed by atoms with E-state index in [0.717, 1.165) is 17.5 Å². The van der Waals surface area contributed by atoms with Crippen molar-refractivity contribution in [1.29, 1.82) is 0 Å². The number of hydrogen-bond donors (Lipinski definition) is 2. The van der Waals surface area contributed by atoms with Crippen LogP contribution in [0.2, 0.25) is 0 Å². The molecule has 9 heteroatoms. The van der Waals surface area contributed by atoms with E-state index in [2.05, 4.69) is 15.7 Å². The molecule has 0 aliphatic heterocycles. The summed E-state index contributed by atoms with van der Waals surface area (Å²) in [5.74, 6) is -0.180. The Morgan fingerprint density at radius 3 is 2.74 bits per heavy atom. The van der Waals surface area contributed by atoms with Crippen LogP contribution < -0.4 is 10.6 Å². The highest BCUT2D eigenvalue weighted by Crippen LogP contribution is 2.18. The number of halogens is 4. The van der Waals surface area contributed by atoms with Gasteiger partial charge in [-0.15, -0.1) is 12.4 Å². The van der Waals surface area contributed by atoms with Crippen LogP contribution in [0.5, 0.6) is 0 Å². The Bertz CT molecular complexity index is 431. The highest BCUT2D eigenvalue weighted by Gasteiger charge is 2.28. The summed E-state index contributed by atoms with van der Waals surface area (Å²) in [6.45, 7) is -1.01. The van der Waals surface area contributed by atoms with Crippen LogP contribution in [-0.2, 0) is 11.3 Å². The lowest BCUT2D eigenvalue weighted by molar-refractivity contribution is -0.142. The number of carbonyl (C=O) groups excluding carboxylic acids is 1. The van der Waals surface area contributed by atoms with Gasteiger partial charge in [-0.1, -0.05) is 0 Å². The van der Waals surface area contributed by atoms with Gasteiger partial charge in [0.25, 0.3) is 0 Å². The number of nitrogens with zero attached hydrogens (tertiary/aromatic N) is 2. The second-order valence-electron chi connectivity index (χ2n) is 4.22. The molecule has 0 bridgehead atoms. The van der Waals surface area contributed by atoms with Crippen molar-refractivity contribution in [2.24, 2.45) is 0 Å². The predicted molar refractivity (Wildman–Crippen MR) is 65.2 cm³/mol. The van der Waals surface area contributed by atoms with Crippen molar-refractivity contribution < 1.29 is 18.0 Å². The Morgan fingerprint density at radius 1 is 1.47 bits per heavy atom. The number of nitrogens with one attached hydrogen (secondary N) is 2. The number of aromatic nitrogens is 2. The topological polar surface area (TPSA) is 59.0 Å². The monoisotopic (exact) mass is 298 g/mol. The SMILES string of the molecule is Cl.O=C(CNC1CC1)Nc1ccn(CC(F)(F)F)n1.